The molecule has 28 heavy (non-hydrogen) atoms. The van der Waals surface area contributed by atoms with Crippen molar-refractivity contribution in [3.8, 4) is 5.69 Å². The average molecular weight is 385 g/mol. The summed E-state index contributed by atoms with van der Waals surface area (Å²) in [6.45, 7) is 11.8. The Labute approximate surface area is 165 Å². The van der Waals surface area contributed by atoms with E-state index in [9.17, 15) is 14.0 Å². The normalized spacial score (nSPS) is 15.1. The molecule has 1 aromatic carbocycles. The van der Waals surface area contributed by atoms with E-state index in [1.165, 1.54) is 12.1 Å². The lowest BCUT2D eigenvalue weighted by Crippen LogP contribution is -2.53. The van der Waals surface area contributed by atoms with E-state index in [-0.39, 0.29) is 17.6 Å². The molecule has 0 aliphatic carbocycles. The van der Waals surface area contributed by atoms with Crippen molar-refractivity contribution in [3.05, 3.63) is 53.1 Å². The Morgan fingerprint density at radius 1 is 0.929 bits per heavy atom. The third-order valence-corrected chi connectivity index (χ3v) is 5.24. The number of aryl methyl sites for hydroxylation is 1. The minimum absolute atomic E-state index is 0.0238. The van der Waals surface area contributed by atoms with Crippen molar-refractivity contribution >= 4 is 11.8 Å². The zero-order chi connectivity index (χ0) is 20.6. The van der Waals surface area contributed by atoms with Gasteiger partial charge in [-0.2, -0.15) is 0 Å². The Morgan fingerprint density at radius 3 is 2.00 bits per heavy atom. The van der Waals surface area contributed by atoms with Gasteiger partial charge in [0, 0.05) is 48.7 Å². The molecule has 1 fully saturated rings. The first-order chi connectivity index (χ1) is 13.1. The number of piperazine rings is 1. The highest BCUT2D eigenvalue weighted by molar-refractivity contribution is 5.96. The minimum atomic E-state index is -0.410. The summed E-state index contributed by atoms with van der Waals surface area (Å²) >= 11 is 0. The molecule has 2 heterocycles. The van der Waals surface area contributed by atoms with E-state index in [1.54, 1.807) is 12.1 Å². The fourth-order valence-corrected chi connectivity index (χ4v) is 3.72. The summed E-state index contributed by atoms with van der Waals surface area (Å²) in [5, 5.41) is 0. The molecule has 0 spiro atoms. The fraction of sp³-hybridized carbons (Fsp3) is 0.455. The third-order valence-electron chi connectivity index (χ3n) is 5.24. The summed E-state index contributed by atoms with van der Waals surface area (Å²) in [5.41, 5.74) is 2.83. The molecule has 0 N–H and O–H groups in total. The highest BCUT2D eigenvalue weighted by atomic mass is 19.1. The summed E-state index contributed by atoms with van der Waals surface area (Å²) in [7, 11) is 0. The first kappa shape index (κ1) is 20.1. The zero-order valence-electron chi connectivity index (χ0n) is 17.3. The average Bonchev–Trinajstić information content (AvgIpc) is 2.95. The van der Waals surface area contributed by atoms with Crippen molar-refractivity contribution in [1.29, 1.82) is 0 Å². The van der Waals surface area contributed by atoms with E-state index in [1.807, 2.05) is 55.1 Å². The van der Waals surface area contributed by atoms with Crippen LogP contribution in [0, 0.1) is 25.1 Å². The van der Waals surface area contributed by atoms with Gasteiger partial charge in [0.05, 0.1) is 5.56 Å². The first-order valence-electron chi connectivity index (χ1n) is 9.63. The predicted octanol–water partition coefficient (Wildman–Crippen LogP) is 3.56. The van der Waals surface area contributed by atoms with Crippen LogP contribution in [0.15, 0.2) is 30.3 Å². The van der Waals surface area contributed by atoms with Crippen LogP contribution < -0.4 is 0 Å². The number of halogens is 1. The van der Waals surface area contributed by atoms with Crippen molar-refractivity contribution in [3.63, 3.8) is 0 Å². The third kappa shape index (κ3) is 3.81. The lowest BCUT2D eigenvalue weighted by molar-refractivity contribution is -0.140. The lowest BCUT2D eigenvalue weighted by atomic mass is 9.94. The number of amides is 2. The molecule has 0 saturated carbocycles. The number of aromatic nitrogens is 1. The molecule has 1 aromatic heterocycles. The molecular weight excluding hydrogens is 357 g/mol. The van der Waals surface area contributed by atoms with Gasteiger partial charge in [-0.3, -0.25) is 9.59 Å². The molecule has 6 heteroatoms. The van der Waals surface area contributed by atoms with E-state index >= 15 is 0 Å². The van der Waals surface area contributed by atoms with Gasteiger partial charge in [-0.05, 0) is 44.2 Å². The number of hydrogen-bond donors (Lipinski definition) is 0. The van der Waals surface area contributed by atoms with Crippen LogP contribution in [0.3, 0.4) is 0 Å². The highest BCUT2D eigenvalue weighted by Gasteiger charge is 2.31. The van der Waals surface area contributed by atoms with Crippen molar-refractivity contribution < 1.29 is 14.0 Å². The van der Waals surface area contributed by atoms with Crippen molar-refractivity contribution in [2.24, 2.45) is 5.41 Å². The largest absolute Gasteiger partial charge is 0.339 e. The molecule has 150 valence electrons. The van der Waals surface area contributed by atoms with Gasteiger partial charge in [0.1, 0.15) is 5.82 Å². The molecule has 1 aliphatic heterocycles. The van der Waals surface area contributed by atoms with E-state index in [4.69, 9.17) is 0 Å². The Hall–Kier alpha value is -2.63. The topological polar surface area (TPSA) is 45.6 Å². The second kappa shape index (κ2) is 7.41. The van der Waals surface area contributed by atoms with Gasteiger partial charge >= 0.3 is 0 Å². The van der Waals surface area contributed by atoms with Gasteiger partial charge in [0.15, 0.2) is 0 Å². The number of nitrogens with zero attached hydrogens (tertiary/aromatic N) is 3. The van der Waals surface area contributed by atoms with E-state index in [0.717, 1.165) is 17.1 Å². The van der Waals surface area contributed by atoms with Gasteiger partial charge in [-0.15, -0.1) is 0 Å². The summed E-state index contributed by atoms with van der Waals surface area (Å²) in [6, 6.07) is 8.14. The monoisotopic (exact) mass is 385 g/mol. The van der Waals surface area contributed by atoms with Crippen LogP contribution in [-0.2, 0) is 4.79 Å². The number of rotatable bonds is 2. The molecule has 0 unspecified atom stereocenters. The molecule has 2 amide bonds. The number of carbonyl (C=O) groups is 2. The summed E-state index contributed by atoms with van der Waals surface area (Å²) in [5.74, 6) is -0.191. The standard InChI is InChI=1S/C22H28FN3O2/c1-15-14-19(16(2)26(15)18-8-6-17(23)7-9-18)20(27)24-10-12-25(13-11-24)21(28)22(3,4)5/h6-9,14H,10-13H2,1-5H3. The highest BCUT2D eigenvalue weighted by Crippen LogP contribution is 2.24. The van der Waals surface area contributed by atoms with Crippen LogP contribution in [0.4, 0.5) is 4.39 Å². The van der Waals surface area contributed by atoms with Crippen LogP contribution in [0.25, 0.3) is 5.69 Å². The second-order valence-electron chi connectivity index (χ2n) is 8.43. The van der Waals surface area contributed by atoms with Gasteiger partial charge in [-0.25, -0.2) is 4.39 Å². The molecule has 1 aliphatic rings. The zero-order valence-corrected chi connectivity index (χ0v) is 17.3. The molecule has 2 aromatic rings. The maximum Gasteiger partial charge on any atom is 0.255 e. The summed E-state index contributed by atoms with van der Waals surface area (Å²) in [6.07, 6.45) is 0. The first-order valence-corrected chi connectivity index (χ1v) is 9.63. The lowest BCUT2D eigenvalue weighted by Gasteiger charge is -2.37. The van der Waals surface area contributed by atoms with Crippen molar-refractivity contribution in [2.45, 2.75) is 34.6 Å². The second-order valence-corrected chi connectivity index (χ2v) is 8.43. The minimum Gasteiger partial charge on any atom is -0.339 e. The van der Waals surface area contributed by atoms with Gasteiger partial charge in [0.25, 0.3) is 5.91 Å². The van der Waals surface area contributed by atoms with E-state index < -0.39 is 5.41 Å². The Balaban J connectivity index is 1.77. The SMILES string of the molecule is Cc1cc(C(=O)N2CCN(C(=O)C(C)(C)C)CC2)c(C)n1-c1ccc(F)cc1. The maximum absolute atomic E-state index is 13.2. The predicted molar refractivity (Wildman–Crippen MR) is 107 cm³/mol. The Morgan fingerprint density at radius 2 is 1.46 bits per heavy atom. The fourth-order valence-electron chi connectivity index (χ4n) is 3.72. The van der Waals surface area contributed by atoms with Crippen LogP contribution in [0.1, 0.15) is 42.5 Å². The molecule has 0 bridgehead atoms. The number of carbonyl (C=O) groups excluding carboxylic acids is 2. The van der Waals surface area contributed by atoms with Crippen LogP contribution >= 0.6 is 0 Å². The molecule has 0 radical (unpaired) electrons. The summed E-state index contributed by atoms with van der Waals surface area (Å²) in [4.78, 5) is 29.2. The van der Waals surface area contributed by atoms with Crippen LogP contribution in [0.2, 0.25) is 0 Å². The quantitative estimate of drug-likeness (QED) is 0.793. The maximum atomic E-state index is 13.2. The number of benzene rings is 1. The van der Waals surface area contributed by atoms with Crippen LogP contribution in [-0.4, -0.2) is 52.4 Å². The van der Waals surface area contributed by atoms with Gasteiger partial charge in [-0.1, -0.05) is 20.8 Å². The number of hydrogen-bond acceptors (Lipinski definition) is 2. The van der Waals surface area contributed by atoms with Crippen LogP contribution in [0.5, 0.6) is 0 Å². The molecule has 3 rings (SSSR count). The summed E-state index contributed by atoms with van der Waals surface area (Å²) < 4.78 is 15.2. The van der Waals surface area contributed by atoms with Crippen molar-refractivity contribution in [1.82, 2.24) is 14.4 Å². The molecule has 5 nitrogen and oxygen atoms in total. The smallest absolute Gasteiger partial charge is 0.255 e. The molecule has 1 saturated heterocycles. The van der Waals surface area contributed by atoms with Gasteiger partial charge in [0.2, 0.25) is 5.91 Å². The Kier molecular flexibility index (Phi) is 5.33. The van der Waals surface area contributed by atoms with Crippen molar-refractivity contribution in [2.75, 3.05) is 26.2 Å². The van der Waals surface area contributed by atoms with E-state index in [0.29, 0.717) is 31.7 Å². The molecular formula is C22H28FN3O2. The van der Waals surface area contributed by atoms with Gasteiger partial charge < -0.3 is 14.4 Å². The molecule has 0 atom stereocenters. The van der Waals surface area contributed by atoms with E-state index in [2.05, 4.69) is 0 Å². The Bertz CT molecular complexity index is 886.